The fraction of sp³-hybridized carbons (Fsp3) is 0.900. The molecule has 3 nitrogen and oxygen atoms in total. The van der Waals surface area contributed by atoms with Crippen LogP contribution in [0.5, 0.6) is 0 Å². The third kappa shape index (κ3) is 5.64. The number of carbonyl (C=O) groups is 1. The number of carbonyl (C=O) groups excluding carboxylic acids is 1. The highest BCUT2D eigenvalue weighted by Gasteiger charge is 2.13. The van der Waals surface area contributed by atoms with Gasteiger partial charge in [0.2, 0.25) is 0 Å². The van der Waals surface area contributed by atoms with Crippen molar-refractivity contribution in [3.05, 3.63) is 0 Å². The van der Waals surface area contributed by atoms with E-state index in [4.69, 9.17) is 4.74 Å². The van der Waals surface area contributed by atoms with E-state index in [-0.39, 0.29) is 5.97 Å². The maximum absolute atomic E-state index is 11.2. The summed E-state index contributed by atoms with van der Waals surface area (Å²) in [4.78, 5) is 13.3. The van der Waals surface area contributed by atoms with Gasteiger partial charge in [-0.15, -0.1) is 0 Å². The minimum Gasteiger partial charge on any atom is -0.465 e. The molecule has 0 aromatic rings. The van der Waals surface area contributed by atoms with Gasteiger partial charge in [-0.2, -0.15) is 0 Å². The molecule has 0 aliphatic carbocycles. The number of esters is 1. The Morgan fingerprint density at radius 1 is 1.38 bits per heavy atom. The first-order chi connectivity index (χ1) is 6.11. The van der Waals surface area contributed by atoms with Gasteiger partial charge in [-0.1, -0.05) is 6.92 Å². The first-order valence-corrected chi connectivity index (χ1v) is 5.01. The van der Waals surface area contributed by atoms with Gasteiger partial charge in [-0.25, -0.2) is 0 Å². The Morgan fingerprint density at radius 3 is 2.38 bits per heavy atom. The van der Waals surface area contributed by atoms with Crippen molar-refractivity contribution in [1.29, 1.82) is 0 Å². The smallest absolute Gasteiger partial charge is 0.320 e. The zero-order chi connectivity index (χ0) is 10.3. The van der Waals surface area contributed by atoms with Gasteiger partial charge < -0.3 is 4.74 Å². The van der Waals surface area contributed by atoms with Crippen LogP contribution in [-0.4, -0.2) is 36.6 Å². The number of hydrogen-bond donors (Lipinski definition) is 0. The molecule has 0 saturated carbocycles. The van der Waals surface area contributed by atoms with Gasteiger partial charge in [0.05, 0.1) is 13.2 Å². The molecule has 0 radical (unpaired) electrons. The molecular formula is C10H21NO2. The fourth-order valence-electron chi connectivity index (χ4n) is 1.18. The van der Waals surface area contributed by atoms with Crippen LogP contribution in [0.2, 0.25) is 0 Å². The van der Waals surface area contributed by atoms with Crippen LogP contribution in [0.4, 0.5) is 0 Å². The van der Waals surface area contributed by atoms with E-state index in [2.05, 4.69) is 25.7 Å². The third-order valence-electron chi connectivity index (χ3n) is 1.88. The van der Waals surface area contributed by atoms with Crippen molar-refractivity contribution < 1.29 is 9.53 Å². The summed E-state index contributed by atoms with van der Waals surface area (Å²) in [7, 11) is 0. The number of rotatable bonds is 6. The highest BCUT2D eigenvalue weighted by Crippen LogP contribution is 1.99. The van der Waals surface area contributed by atoms with Crippen LogP contribution in [0, 0.1) is 0 Å². The zero-order valence-corrected chi connectivity index (χ0v) is 9.17. The molecule has 0 unspecified atom stereocenters. The summed E-state index contributed by atoms with van der Waals surface area (Å²) in [6, 6.07) is 0.407. The highest BCUT2D eigenvalue weighted by atomic mass is 16.5. The maximum Gasteiger partial charge on any atom is 0.320 e. The Hall–Kier alpha value is -0.570. The molecule has 0 saturated heterocycles. The van der Waals surface area contributed by atoms with E-state index >= 15 is 0 Å². The van der Waals surface area contributed by atoms with E-state index in [0.29, 0.717) is 19.2 Å². The summed E-state index contributed by atoms with van der Waals surface area (Å²) in [5.41, 5.74) is 0. The number of nitrogens with zero attached hydrogens (tertiary/aromatic N) is 1. The van der Waals surface area contributed by atoms with Crippen LogP contribution in [0.15, 0.2) is 0 Å². The minimum atomic E-state index is -0.121. The lowest BCUT2D eigenvalue weighted by molar-refractivity contribution is -0.144. The lowest BCUT2D eigenvalue weighted by Gasteiger charge is -2.24. The molecule has 0 rings (SSSR count). The summed E-state index contributed by atoms with van der Waals surface area (Å²) in [6.07, 6.45) is 1.07. The molecule has 0 aliphatic rings. The van der Waals surface area contributed by atoms with Crippen molar-refractivity contribution >= 4 is 5.97 Å². The molecule has 0 amide bonds. The van der Waals surface area contributed by atoms with Gasteiger partial charge in [-0.3, -0.25) is 9.69 Å². The molecule has 13 heavy (non-hydrogen) atoms. The Kier molecular flexibility index (Phi) is 6.59. The molecule has 0 aliphatic heterocycles. The zero-order valence-electron chi connectivity index (χ0n) is 9.17. The SMILES string of the molecule is CCCN(CC(=O)OCC)C(C)C. The van der Waals surface area contributed by atoms with Crippen LogP contribution in [-0.2, 0) is 9.53 Å². The van der Waals surface area contributed by atoms with Crippen LogP contribution in [0.3, 0.4) is 0 Å². The largest absolute Gasteiger partial charge is 0.465 e. The van der Waals surface area contributed by atoms with Crippen LogP contribution >= 0.6 is 0 Å². The van der Waals surface area contributed by atoms with E-state index in [1.54, 1.807) is 0 Å². The first kappa shape index (κ1) is 12.4. The van der Waals surface area contributed by atoms with E-state index < -0.39 is 0 Å². The number of hydrogen-bond acceptors (Lipinski definition) is 3. The topological polar surface area (TPSA) is 29.5 Å². The molecule has 0 spiro atoms. The van der Waals surface area contributed by atoms with E-state index in [1.165, 1.54) is 0 Å². The first-order valence-electron chi connectivity index (χ1n) is 5.01. The van der Waals surface area contributed by atoms with Crippen molar-refractivity contribution in [3.63, 3.8) is 0 Å². The predicted octanol–water partition coefficient (Wildman–Crippen LogP) is 1.67. The average Bonchev–Trinajstić information content (AvgIpc) is 2.04. The molecular weight excluding hydrogens is 166 g/mol. The average molecular weight is 187 g/mol. The molecule has 78 valence electrons. The molecule has 0 aromatic heterocycles. The number of ether oxygens (including phenoxy) is 1. The summed E-state index contributed by atoms with van der Waals surface area (Å²) in [5.74, 6) is -0.121. The quantitative estimate of drug-likeness (QED) is 0.592. The van der Waals surface area contributed by atoms with E-state index in [0.717, 1.165) is 13.0 Å². The Bertz CT molecular complexity index is 146. The van der Waals surface area contributed by atoms with E-state index in [9.17, 15) is 4.79 Å². The normalized spacial score (nSPS) is 10.9. The van der Waals surface area contributed by atoms with Crippen LogP contribution in [0.1, 0.15) is 34.1 Å². The standard InChI is InChI=1S/C10H21NO2/c1-5-7-11(9(3)4)8-10(12)13-6-2/h9H,5-8H2,1-4H3. The molecule has 0 N–H and O–H groups in total. The van der Waals surface area contributed by atoms with Crippen molar-refractivity contribution in [2.45, 2.75) is 40.2 Å². The summed E-state index contributed by atoms with van der Waals surface area (Å²) >= 11 is 0. The van der Waals surface area contributed by atoms with Crippen LogP contribution in [0.25, 0.3) is 0 Å². The second-order valence-corrected chi connectivity index (χ2v) is 3.37. The maximum atomic E-state index is 11.2. The molecule has 3 heteroatoms. The monoisotopic (exact) mass is 187 g/mol. The second kappa shape index (κ2) is 6.89. The minimum absolute atomic E-state index is 0.121. The fourth-order valence-corrected chi connectivity index (χ4v) is 1.18. The summed E-state index contributed by atoms with van der Waals surface area (Å²) in [6.45, 7) is 9.97. The Balaban J connectivity index is 3.86. The lowest BCUT2D eigenvalue weighted by atomic mass is 10.3. The van der Waals surface area contributed by atoms with Gasteiger partial charge in [-0.05, 0) is 33.7 Å². The van der Waals surface area contributed by atoms with Crippen molar-refractivity contribution in [2.24, 2.45) is 0 Å². The third-order valence-corrected chi connectivity index (χ3v) is 1.88. The Morgan fingerprint density at radius 2 is 2.00 bits per heavy atom. The molecule has 0 atom stereocenters. The van der Waals surface area contributed by atoms with Crippen molar-refractivity contribution in [2.75, 3.05) is 19.7 Å². The summed E-state index contributed by atoms with van der Waals surface area (Å²) < 4.78 is 4.89. The lowest BCUT2D eigenvalue weighted by Crippen LogP contribution is -2.37. The Labute approximate surface area is 81.1 Å². The van der Waals surface area contributed by atoms with Crippen molar-refractivity contribution in [3.8, 4) is 0 Å². The van der Waals surface area contributed by atoms with Gasteiger partial charge in [0.1, 0.15) is 0 Å². The van der Waals surface area contributed by atoms with Crippen molar-refractivity contribution in [1.82, 2.24) is 4.90 Å². The molecule has 0 fully saturated rings. The van der Waals surface area contributed by atoms with E-state index in [1.807, 2.05) is 6.92 Å². The predicted molar refractivity (Wildman–Crippen MR) is 53.6 cm³/mol. The summed E-state index contributed by atoms with van der Waals surface area (Å²) in [5, 5.41) is 0. The van der Waals surface area contributed by atoms with Gasteiger partial charge >= 0.3 is 5.97 Å². The highest BCUT2D eigenvalue weighted by molar-refractivity contribution is 5.71. The molecule has 0 heterocycles. The van der Waals surface area contributed by atoms with Gasteiger partial charge in [0.25, 0.3) is 0 Å². The van der Waals surface area contributed by atoms with Crippen LogP contribution < -0.4 is 0 Å². The molecule has 0 aromatic carbocycles. The van der Waals surface area contributed by atoms with Gasteiger partial charge in [0.15, 0.2) is 0 Å². The molecule has 0 bridgehead atoms. The second-order valence-electron chi connectivity index (χ2n) is 3.37. The van der Waals surface area contributed by atoms with Gasteiger partial charge in [0, 0.05) is 6.04 Å².